The highest BCUT2D eigenvalue weighted by Crippen LogP contribution is 2.38. The molecule has 14 heteroatoms. The third kappa shape index (κ3) is 5.00. The number of hydrogen-bond acceptors (Lipinski definition) is 8. The van der Waals surface area contributed by atoms with Crippen LogP contribution in [0.1, 0.15) is 30.0 Å². The Morgan fingerprint density at radius 3 is 2.59 bits per heavy atom. The van der Waals surface area contributed by atoms with Crippen molar-refractivity contribution >= 4 is 60.8 Å². The van der Waals surface area contributed by atoms with E-state index in [1.54, 1.807) is 6.07 Å². The summed E-state index contributed by atoms with van der Waals surface area (Å²) in [7, 11) is -2.76. The minimum Gasteiger partial charge on any atom is -0.420 e. The molecular formula is C25H20FIN6O5S. The van der Waals surface area contributed by atoms with E-state index in [2.05, 4.69) is 19.9 Å². The molecule has 0 unspecified atom stereocenters. The van der Waals surface area contributed by atoms with Crippen molar-refractivity contribution in [3.63, 3.8) is 0 Å². The van der Waals surface area contributed by atoms with Gasteiger partial charge in [-0.3, -0.25) is 9.52 Å². The standard InChI is InChI=1S/C25H20FIN6O5S/c1-12-21(30-19-9-6-13(27)10-17(19)26)20-23(38-25(12)35)22(31-33(24(20)34)14-7-8-14)15-4-3-5-18(16(15)11-28)32-39(36,37)29-2/h3-6,9-10,14,29-30,32H,7-8H2,1-2H3. The zero-order chi connectivity index (χ0) is 28.1. The van der Waals surface area contributed by atoms with Crippen LogP contribution in [0.5, 0.6) is 0 Å². The van der Waals surface area contributed by atoms with Crippen molar-refractivity contribution in [1.29, 1.82) is 5.26 Å². The van der Waals surface area contributed by atoms with Gasteiger partial charge in [-0.15, -0.1) is 0 Å². The Kier molecular flexibility index (Phi) is 6.91. The summed E-state index contributed by atoms with van der Waals surface area (Å²) in [6.45, 7) is 1.45. The Labute approximate surface area is 235 Å². The Hall–Kier alpha value is -3.81. The van der Waals surface area contributed by atoms with E-state index in [1.807, 2.05) is 28.7 Å². The van der Waals surface area contributed by atoms with Crippen LogP contribution in [0.3, 0.4) is 0 Å². The Morgan fingerprint density at radius 1 is 1.21 bits per heavy atom. The van der Waals surface area contributed by atoms with Crippen LogP contribution in [-0.2, 0) is 10.2 Å². The van der Waals surface area contributed by atoms with Crippen LogP contribution in [0.2, 0.25) is 0 Å². The van der Waals surface area contributed by atoms with Crippen LogP contribution >= 0.6 is 22.6 Å². The lowest BCUT2D eigenvalue weighted by Gasteiger charge is -2.17. The number of hydrogen-bond donors (Lipinski definition) is 3. The second-order valence-corrected chi connectivity index (χ2v) is 11.7. The third-order valence-electron chi connectivity index (χ3n) is 6.23. The van der Waals surface area contributed by atoms with Gasteiger partial charge >= 0.3 is 5.63 Å². The molecule has 200 valence electrons. The topological polar surface area (TPSA) is 159 Å². The van der Waals surface area contributed by atoms with E-state index in [4.69, 9.17) is 4.42 Å². The summed E-state index contributed by atoms with van der Waals surface area (Å²) in [6.07, 6.45) is 1.38. The van der Waals surface area contributed by atoms with Gasteiger partial charge in [0.15, 0.2) is 5.58 Å². The number of anilines is 3. The van der Waals surface area contributed by atoms with Gasteiger partial charge in [0.1, 0.15) is 23.0 Å². The van der Waals surface area contributed by atoms with E-state index in [0.717, 1.165) is 0 Å². The van der Waals surface area contributed by atoms with E-state index in [0.29, 0.717) is 16.4 Å². The van der Waals surface area contributed by atoms with Gasteiger partial charge in [-0.1, -0.05) is 12.1 Å². The van der Waals surface area contributed by atoms with E-state index >= 15 is 0 Å². The molecule has 5 rings (SSSR count). The summed E-state index contributed by atoms with van der Waals surface area (Å²) in [5.74, 6) is -0.587. The smallest absolute Gasteiger partial charge is 0.341 e. The van der Waals surface area contributed by atoms with Crippen LogP contribution < -0.4 is 25.9 Å². The van der Waals surface area contributed by atoms with Gasteiger partial charge in [0, 0.05) is 16.2 Å². The van der Waals surface area contributed by atoms with E-state index in [-0.39, 0.29) is 56.5 Å². The molecule has 2 aromatic carbocycles. The van der Waals surface area contributed by atoms with E-state index < -0.39 is 27.2 Å². The fraction of sp³-hybridized carbons (Fsp3) is 0.200. The maximum absolute atomic E-state index is 14.8. The van der Waals surface area contributed by atoms with E-state index in [1.165, 1.54) is 49.0 Å². The van der Waals surface area contributed by atoms with Crippen molar-refractivity contribution in [3.05, 3.63) is 77.7 Å². The highest BCUT2D eigenvalue weighted by atomic mass is 127. The monoisotopic (exact) mass is 662 g/mol. The number of fused-ring (bicyclic) bond motifs is 1. The first-order chi connectivity index (χ1) is 18.5. The Bertz CT molecular complexity index is 1930. The summed E-state index contributed by atoms with van der Waals surface area (Å²) in [5, 5.41) is 17.3. The van der Waals surface area contributed by atoms with E-state index in [9.17, 15) is 27.7 Å². The molecule has 1 saturated carbocycles. The molecule has 0 bridgehead atoms. The molecule has 0 spiro atoms. The number of nitriles is 1. The molecule has 1 aliphatic rings. The van der Waals surface area contributed by atoms with Crippen LogP contribution in [0.25, 0.3) is 22.2 Å². The van der Waals surface area contributed by atoms with Crippen LogP contribution in [0.4, 0.5) is 21.5 Å². The molecule has 11 nitrogen and oxygen atoms in total. The van der Waals surface area contributed by atoms with Gasteiger partial charge < -0.3 is 9.73 Å². The zero-order valence-corrected chi connectivity index (χ0v) is 23.5. The fourth-order valence-electron chi connectivity index (χ4n) is 4.08. The minimum atomic E-state index is -3.97. The zero-order valence-electron chi connectivity index (χ0n) is 20.5. The molecule has 0 radical (unpaired) electrons. The third-order valence-corrected chi connectivity index (χ3v) is 7.92. The van der Waals surface area contributed by atoms with Crippen LogP contribution in [0, 0.1) is 27.6 Å². The van der Waals surface area contributed by atoms with Gasteiger partial charge in [-0.05, 0) is 66.6 Å². The summed E-state index contributed by atoms with van der Waals surface area (Å²) in [4.78, 5) is 26.6. The molecule has 0 atom stereocenters. The maximum atomic E-state index is 14.8. The first-order valence-corrected chi connectivity index (χ1v) is 14.2. The molecule has 3 N–H and O–H groups in total. The molecule has 0 saturated heterocycles. The molecular weight excluding hydrogens is 642 g/mol. The molecule has 0 amide bonds. The van der Waals surface area contributed by atoms with Gasteiger partial charge in [0.25, 0.3) is 15.8 Å². The predicted molar refractivity (Wildman–Crippen MR) is 152 cm³/mol. The lowest BCUT2D eigenvalue weighted by Crippen LogP contribution is -2.27. The molecule has 1 aliphatic carbocycles. The van der Waals surface area contributed by atoms with Gasteiger partial charge in [-0.25, -0.2) is 18.6 Å². The summed E-state index contributed by atoms with van der Waals surface area (Å²) >= 11 is 1.97. The predicted octanol–water partition coefficient (Wildman–Crippen LogP) is 3.90. The van der Waals surface area contributed by atoms with Gasteiger partial charge in [-0.2, -0.15) is 18.8 Å². The number of nitrogens with zero attached hydrogens (tertiary/aromatic N) is 3. The number of aromatic nitrogens is 2. The number of nitrogens with one attached hydrogen (secondary N) is 3. The summed E-state index contributed by atoms with van der Waals surface area (Å²) in [5.41, 5.74) is -1.45. The highest BCUT2D eigenvalue weighted by molar-refractivity contribution is 14.1. The van der Waals surface area contributed by atoms with Crippen molar-refractivity contribution in [2.45, 2.75) is 25.8 Å². The molecule has 0 aliphatic heterocycles. The molecule has 1 fully saturated rings. The van der Waals surface area contributed by atoms with Gasteiger partial charge in [0.05, 0.1) is 34.2 Å². The maximum Gasteiger partial charge on any atom is 0.341 e. The quantitative estimate of drug-likeness (QED) is 0.252. The number of halogens is 2. The minimum absolute atomic E-state index is 0.0122. The SMILES string of the molecule is CNS(=O)(=O)Nc1cccc(-c2nn(C3CC3)c(=O)c3c(Nc4ccc(I)cc4F)c(C)c(=O)oc23)c1C#N. The number of benzene rings is 2. The second-order valence-electron chi connectivity index (χ2n) is 8.82. The highest BCUT2D eigenvalue weighted by Gasteiger charge is 2.31. The Balaban J connectivity index is 1.84. The van der Waals surface area contributed by atoms with Crippen molar-refractivity contribution < 1.29 is 17.2 Å². The van der Waals surface area contributed by atoms with Crippen molar-refractivity contribution in [3.8, 4) is 17.3 Å². The second kappa shape index (κ2) is 10.1. The Morgan fingerprint density at radius 2 is 1.95 bits per heavy atom. The van der Waals surface area contributed by atoms with Crippen molar-refractivity contribution in [2.24, 2.45) is 0 Å². The number of rotatable bonds is 7. The van der Waals surface area contributed by atoms with Crippen LogP contribution in [-0.4, -0.2) is 25.2 Å². The van der Waals surface area contributed by atoms with Crippen LogP contribution in [0.15, 0.2) is 50.4 Å². The lowest BCUT2D eigenvalue weighted by molar-refractivity contribution is 0.543. The fourth-order valence-corrected chi connectivity index (χ4v) is 5.10. The lowest BCUT2D eigenvalue weighted by atomic mass is 10.0. The van der Waals surface area contributed by atoms with Crippen molar-refractivity contribution in [1.82, 2.24) is 14.5 Å². The molecule has 39 heavy (non-hydrogen) atoms. The van der Waals surface area contributed by atoms with Gasteiger partial charge in [0.2, 0.25) is 0 Å². The largest absolute Gasteiger partial charge is 0.420 e. The first-order valence-electron chi connectivity index (χ1n) is 11.6. The normalized spacial score (nSPS) is 13.3. The summed E-state index contributed by atoms with van der Waals surface area (Å²) < 4.78 is 51.0. The first kappa shape index (κ1) is 26.8. The summed E-state index contributed by atoms with van der Waals surface area (Å²) in [6, 6.07) is 10.6. The molecule has 2 heterocycles. The molecule has 2 aromatic heterocycles. The average Bonchev–Trinajstić information content (AvgIpc) is 3.73. The average molecular weight is 662 g/mol. The van der Waals surface area contributed by atoms with Crippen molar-refractivity contribution in [2.75, 3.05) is 17.1 Å². The molecule has 4 aromatic rings.